The summed E-state index contributed by atoms with van der Waals surface area (Å²) in [5.74, 6) is 0.448. The van der Waals surface area contributed by atoms with Gasteiger partial charge in [0.1, 0.15) is 6.67 Å². The van der Waals surface area contributed by atoms with Crippen molar-refractivity contribution in [2.45, 2.75) is 29.9 Å². The highest BCUT2D eigenvalue weighted by molar-refractivity contribution is 7.91. The van der Waals surface area contributed by atoms with E-state index in [1.165, 1.54) is 19.2 Å². The largest absolute Gasteiger partial charge is 0.376 e. The van der Waals surface area contributed by atoms with Crippen molar-refractivity contribution in [3.63, 3.8) is 0 Å². The summed E-state index contributed by atoms with van der Waals surface area (Å²) in [6.07, 6.45) is 1.18. The fourth-order valence-electron chi connectivity index (χ4n) is 2.31. The number of hydrogen-bond donors (Lipinski definition) is 0. The lowest BCUT2D eigenvalue weighted by Gasteiger charge is -2.20. The van der Waals surface area contributed by atoms with E-state index >= 15 is 0 Å². The molecule has 0 heterocycles. The zero-order chi connectivity index (χ0) is 16.2. The number of hydrogen-bond acceptors (Lipinski definition) is 4. The van der Waals surface area contributed by atoms with Gasteiger partial charge in [-0.2, -0.15) is 0 Å². The highest BCUT2D eigenvalue weighted by Gasteiger charge is 2.29. The summed E-state index contributed by atoms with van der Waals surface area (Å²) in [5.41, 5.74) is 9.03. The van der Waals surface area contributed by atoms with Crippen molar-refractivity contribution in [3.05, 3.63) is 40.3 Å². The standard InChI is InChI=1S/C14H18FN3O3S/c1-21-14(13(8-15)17-18-16)11-4-6-12(7-5-11)22(19,20)9-10-2-3-10/h4-7,10,13-14H,2-3,8-9H2,1H3/t13-,14-/m1/s1. The monoisotopic (exact) mass is 327 g/mol. The summed E-state index contributed by atoms with van der Waals surface area (Å²) >= 11 is 0. The van der Waals surface area contributed by atoms with Crippen LogP contribution in [0.1, 0.15) is 24.5 Å². The Labute approximate surface area is 128 Å². The SMILES string of the molecule is CO[C@H](c1ccc(S(=O)(=O)CC2CC2)cc1)[C@@H](CF)N=[N+]=[N-]. The van der Waals surface area contributed by atoms with Crippen LogP contribution in [-0.4, -0.2) is 34.0 Å². The van der Waals surface area contributed by atoms with E-state index in [4.69, 9.17) is 10.3 Å². The van der Waals surface area contributed by atoms with E-state index in [9.17, 15) is 12.8 Å². The van der Waals surface area contributed by atoms with E-state index in [2.05, 4.69) is 10.0 Å². The van der Waals surface area contributed by atoms with Crippen LogP contribution in [0, 0.1) is 5.92 Å². The third kappa shape index (κ3) is 3.97. The van der Waals surface area contributed by atoms with E-state index in [0.29, 0.717) is 5.56 Å². The van der Waals surface area contributed by atoms with Gasteiger partial charge in [-0.3, -0.25) is 4.39 Å². The van der Waals surface area contributed by atoms with Gasteiger partial charge < -0.3 is 4.74 Å². The summed E-state index contributed by atoms with van der Waals surface area (Å²) in [5, 5.41) is 3.37. The van der Waals surface area contributed by atoms with Crippen molar-refractivity contribution in [2.24, 2.45) is 11.0 Å². The number of ether oxygens (including phenoxy) is 1. The van der Waals surface area contributed by atoms with E-state index in [1.54, 1.807) is 12.1 Å². The summed E-state index contributed by atoms with van der Waals surface area (Å²) in [6.45, 7) is -0.857. The van der Waals surface area contributed by atoms with Gasteiger partial charge in [0.25, 0.3) is 0 Å². The van der Waals surface area contributed by atoms with Crippen LogP contribution < -0.4 is 0 Å². The van der Waals surface area contributed by atoms with Gasteiger partial charge in [-0.15, -0.1) is 0 Å². The molecule has 2 atom stereocenters. The second-order valence-corrected chi connectivity index (χ2v) is 7.41. The summed E-state index contributed by atoms with van der Waals surface area (Å²) in [4.78, 5) is 2.86. The molecule has 22 heavy (non-hydrogen) atoms. The Morgan fingerprint density at radius 3 is 2.50 bits per heavy atom. The molecule has 2 rings (SSSR count). The number of benzene rings is 1. The second kappa shape index (κ2) is 7.09. The first kappa shape index (κ1) is 16.7. The molecule has 0 bridgehead atoms. The van der Waals surface area contributed by atoms with Crippen molar-refractivity contribution in [1.82, 2.24) is 0 Å². The fraction of sp³-hybridized carbons (Fsp3) is 0.571. The molecular formula is C14H18FN3O3S. The van der Waals surface area contributed by atoms with Crippen LogP contribution in [0.15, 0.2) is 34.3 Å². The highest BCUT2D eigenvalue weighted by Crippen LogP contribution is 2.32. The Hall–Kier alpha value is -1.63. The quantitative estimate of drug-likeness (QED) is 0.417. The number of sulfone groups is 1. The number of nitrogens with zero attached hydrogens (tertiary/aromatic N) is 3. The maximum Gasteiger partial charge on any atom is 0.178 e. The normalized spacial score (nSPS) is 17.5. The molecule has 1 aromatic carbocycles. The summed E-state index contributed by atoms with van der Waals surface area (Å²) < 4.78 is 42.5. The van der Waals surface area contributed by atoms with Gasteiger partial charge in [-0.1, -0.05) is 17.2 Å². The minimum absolute atomic E-state index is 0.173. The average molecular weight is 327 g/mol. The Morgan fingerprint density at radius 1 is 1.41 bits per heavy atom. The fourth-order valence-corrected chi connectivity index (χ4v) is 4.01. The highest BCUT2D eigenvalue weighted by atomic mass is 32.2. The predicted octanol–water partition coefficient (Wildman–Crippen LogP) is 3.21. The van der Waals surface area contributed by atoms with Gasteiger partial charge in [0.15, 0.2) is 9.84 Å². The summed E-state index contributed by atoms with van der Waals surface area (Å²) in [6, 6.07) is 5.14. The van der Waals surface area contributed by atoms with Gasteiger partial charge in [-0.05, 0) is 42.0 Å². The molecule has 0 N–H and O–H groups in total. The van der Waals surface area contributed by atoms with Gasteiger partial charge >= 0.3 is 0 Å². The Balaban J connectivity index is 2.20. The molecule has 1 saturated carbocycles. The van der Waals surface area contributed by atoms with Crippen LogP contribution >= 0.6 is 0 Å². The molecule has 0 aromatic heterocycles. The molecule has 8 heteroatoms. The Morgan fingerprint density at radius 2 is 2.05 bits per heavy atom. The molecule has 1 fully saturated rings. The zero-order valence-electron chi connectivity index (χ0n) is 12.2. The van der Waals surface area contributed by atoms with Crippen molar-refractivity contribution in [3.8, 4) is 0 Å². The molecule has 1 aliphatic carbocycles. The van der Waals surface area contributed by atoms with Crippen molar-refractivity contribution < 1.29 is 17.5 Å². The van der Waals surface area contributed by atoms with Crippen LogP contribution in [-0.2, 0) is 14.6 Å². The maximum atomic E-state index is 12.9. The van der Waals surface area contributed by atoms with E-state index in [-0.39, 0.29) is 16.6 Å². The summed E-state index contributed by atoms with van der Waals surface area (Å²) in [7, 11) is -1.89. The van der Waals surface area contributed by atoms with Crippen molar-refractivity contribution >= 4 is 9.84 Å². The molecule has 1 aliphatic rings. The van der Waals surface area contributed by atoms with E-state index in [0.717, 1.165) is 12.8 Å². The number of halogens is 1. The third-order valence-corrected chi connectivity index (χ3v) is 5.58. The molecule has 0 unspecified atom stereocenters. The van der Waals surface area contributed by atoms with Crippen molar-refractivity contribution in [2.75, 3.05) is 19.5 Å². The molecule has 0 amide bonds. The first-order valence-corrected chi connectivity index (χ1v) is 8.62. The zero-order valence-corrected chi connectivity index (χ0v) is 13.0. The van der Waals surface area contributed by atoms with E-state index < -0.39 is 28.7 Å². The van der Waals surface area contributed by atoms with Crippen LogP contribution in [0.25, 0.3) is 10.4 Å². The third-order valence-electron chi connectivity index (χ3n) is 3.68. The number of alkyl halides is 1. The molecule has 0 spiro atoms. The van der Waals surface area contributed by atoms with Crippen LogP contribution in [0.2, 0.25) is 0 Å². The molecule has 120 valence electrons. The second-order valence-electron chi connectivity index (χ2n) is 5.38. The minimum Gasteiger partial charge on any atom is -0.376 e. The van der Waals surface area contributed by atoms with Gasteiger partial charge in [0.05, 0.1) is 22.8 Å². The first-order valence-electron chi connectivity index (χ1n) is 6.97. The number of rotatable bonds is 8. The van der Waals surface area contributed by atoms with Gasteiger partial charge in [-0.25, -0.2) is 8.42 Å². The van der Waals surface area contributed by atoms with Crippen LogP contribution in [0.3, 0.4) is 0 Å². The topological polar surface area (TPSA) is 92.1 Å². The smallest absolute Gasteiger partial charge is 0.178 e. The number of methoxy groups -OCH3 is 1. The molecule has 0 radical (unpaired) electrons. The first-order chi connectivity index (χ1) is 10.5. The van der Waals surface area contributed by atoms with Crippen LogP contribution in [0.4, 0.5) is 4.39 Å². The maximum absolute atomic E-state index is 12.9. The molecule has 0 aliphatic heterocycles. The Bertz CT molecular complexity index is 652. The van der Waals surface area contributed by atoms with Crippen LogP contribution in [0.5, 0.6) is 0 Å². The lowest BCUT2D eigenvalue weighted by molar-refractivity contribution is 0.0721. The van der Waals surface area contributed by atoms with Gasteiger partial charge in [0, 0.05) is 12.0 Å². The number of azide groups is 1. The molecule has 6 nitrogen and oxygen atoms in total. The van der Waals surface area contributed by atoms with E-state index in [1.807, 2.05) is 0 Å². The predicted molar refractivity (Wildman–Crippen MR) is 79.9 cm³/mol. The molecule has 1 aromatic rings. The van der Waals surface area contributed by atoms with Gasteiger partial charge in [0.2, 0.25) is 0 Å². The molecular weight excluding hydrogens is 309 g/mol. The molecule has 0 saturated heterocycles. The minimum atomic E-state index is -3.28. The lowest BCUT2D eigenvalue weighted by Crippen LogP contribution is -2.20. The van der Waals surface area contributed by atoms with Crippen molar-refractivity contribution in [1.29, 1.82) is 0 Å². The lowest BCUT2D eigenvalue weighted by atomic mass is 10.0. The Kier molecular flexibility index (Phi) is 5.39. The average Bonchev–Trinajstić information content (AvgIpc) is 3.31.